The standard InChI is InChI=1S/C34H33F/c1-3-5-7-8-10-27-11-13-28(14-12-27)15-16-29-19-23-33-31(25-29)22-24-32(34(33)35)30-20-17-26(18-21-30)9-6-4-2/h4,11-14,17-25H,2-3,5-10H2,1H3. The molecule has 0 saturated heterocycles. The Labute approximate surface area is 209 Å². The second-order valence-electron chi connectivity index (χ2n) is 9.14. The fourth-order valence-electron chi connectivity index (χ4n) is 4.37. The van der Waals surface area contributed by atoms with Gasteiger partial charge in [-0.3, -0.25) is 0 Å². The highest BCUT2D eigenvalue weighted by molar-refractivity contribution is 5.89. The van der Waals surface area contributed by atoms with E-state index in [1.807, 2.05) is 48.5 Å². The van der Waals surface area contributed by atoms with Crippen molar-refractivity contribution in [2.75, 3.05) is 0 Å². The molecular formula is C34H33F. The minimum Gasteiger partial charge on any atom is -0.206 e. The molecule has 0 aliphatic rings. The van der Waals surface area contributed by atoms with E-state index in [0.29, 0.717) is 10.9 Å². The van der Waals surface area contributed by atoms with Crippen LogP contribution in [0.15, 0.2) is 91.5 Å². The molecule has 176 valence electrons. The van der Waals surface area contributed by atoms with Crippen molar-refractivity contribution >= 4 is 10.8 Å². The zero-order chi connectivity index (χ0) is 24.5. The zero-order valence-electron chi connectivity index (χ0n) is 20.6. The molecule has 0 aliphatic carbocycles. The van der Waals surface area contributed by atoms with Crippen LogP contribution in [0.25, 0.3) is 21.9 Å². The predicted molar refractivity (Wildman–Crippen MR) is 148 cm³/mol. The van der Waals surface area contributed by atoms with Gasteiger partial charge in [-0.25, -0.2) is 4.39 Å². The Morgan fingerprint density at radius 3 is 2.17 bits per heavy atom. The average Bonchev–Trinajstić information content (AvgIpc) is 2.90. The molecular weight excluding hydrogens is 427 g/mol. The Bertz CT molecular complexity index is 1330. The summed E-state index contributed by atoms with van der Waals surface area (Å²) in [5.41, 5.74) is 6.01. The molecule has 0 radical (unpaired) electrons. The van der Waals surface area contributed by atoms with Crippen molar-refractivity contribution in [3.63, 3.8) is 0 Å². The van der Waals surface area contributed by atoms with Crippen LogP contribution in [0.5, 0.6) is 0 Å². The van der Waals surface area contributed by atoms with Crippen molar-refractivity contribution in [3.05, 3.63) is 120 Å². The second-order valence-corrected chi connectivity index (χ2v) is 9.14. The first-order valence-corrected chi connectivity index (χ1v) is 12.7. The van der Waals surface area contributed by atoms with E-state index in [0.717, 1.165) is 41.3 Å². The van der Waals surface area contributed by atoms with Gasteiger partial charge in [0, 0.05) is 22.1 Å². The molecule has 0 aromatic heterocycles. The summed E-state index contributed by atoms with van der Waals surface area (Å²) >= 11 is 0. The third-order valence-electron chi connectivity index (χ3n) is 6.48. The van der Waals surface area contributed by atoms with Gasteiger partial charge in [-0.2, -0.15) is 0 Å². The van der Waals surface area contributed by atoms with Crippen molar-refractivity contribution in [2.45, 2.75) is 51.9 Å². The van der Waals surface area contributed by atoms with Gasteiger partial charge >= 0.3 is 0 Å². The van der Waals surface area contributed by atoms with E-state index in [4.69, 9.17) is 0 Å². The highest BCUT2D eigenvalue weighted by Gasteiger charge is 2.10. The van der Waals surface area contributed by atoms with Crippen molar-refractivity contribution in [1.82, 2.24) is 0 Å². The van der Waals surface area contributed by atoms with E-state index in [1.165, 1.54) is 36.8 Å². The highest BCUT2D eigenvalue weighted by atomic mass is 19.1. The number of hydrogen-bond donors (Lipinski definition) is 0. The van der Waals surface area contributed by atoms with Crippen LogP contribution in [0.1, 0.15) is 61.3 Å². The zero-order valence-corrected chi connectivity index (χ0v) is 20.6. The van der Waals surface area contributed by atoms with Crippen LogP contribution in [0, 0.1) is 17.7 Å². The molecule has 1 heteroatoms. The molecule has 0 saturated carbocycles. The lowest BCUT2D eigenvalue weighted by Crippen LogP contribution is -1.89. The maximum atomic E-state index is 15.4. The van der Waals surface area contributed by atoms with Gasteiger partial charge in [0.25, 0.3) is 0 Å². The van der Waals surface area contributed by atoms with Gasteiger partial charge in [0.1, 0.15) is 5.82 Å². The first-order valence-electron chi connectivity index (χ1n) is 12.7. The lowest BCUT2D eigenvalue weighted by atomic mass is 9.97. The third-order valence-corrected chi connectivity index (χ3v) is 6.48. The summed E-state index contributed by atoms with van der Waals surface area (Å²) in [4.78, 5) is 0. The molecule has 0 bridgehead atoms. The number of allylic oxidation sites excluding steroid dienone is 1. The normalized spacial score (nSPS) is 10.7. The van der Waals surface area contributed by atoms with Crippen LogP contribution in [-0.4, -0.2) is 0 Å². The van der Waals surface area contributed by atoms with Crippen molar-refractivity contribution in [2.24, 2.45) is 0 Å². The molecule has 0 nitrogen and oxygen atoms in total. The summed E-state index contributed by atoms with van der Waals surface area (Å²) in [6.07, 6.45) is 10.1. The van der Waals surface area contributed by atoms with Crippen LogP contribution in [0.3, 0.4) is 0 Å². The molecule has 0 spiro atoms. The van der Waals surface area contributed by atoms with Crippen molar-refractivity contribution in [1.29, 1.82) is 0 Å². The van der Waals surface area contributed by atoms with E-state index in [-0.39, 0.29) is 5.82 Å². The molecule has 35 heavy (non-hydrogen) atoms. The molecule has 4 aromatic rings. The summed E-state index contributed by atoms with van der Waals surface area (Å²) in [7, 11) is 0. The first kappa shape index (κ1) is 24.5. The van der Waals surface area contributed by atoms with E-state index in [1.54, 1.807) is 0 Å². The van der Waals surface area contributed by atoms with Gasteiger partial charge in [-0.15, -0.1) is 6.58 Å². The number of fused-ring (bicyclic) bond motifs is 1. The molecule has 0 unspecified atom stereocenters. The first-order chi connectivity index (χ1) is 17.2. The Hall–Kier alpha value is -3.63. The monoisotopic (exact) mass is 460 g/mol. The fraction of sp³-hybridized carbons (Fsp3) is 0.235. The van der Waals surface area contributed by atoms with Gasteiger partial charge in [0.05, 0.1) is 0 Å². The number of hydrogen-bond acceptors (Lipinski definition) is 0. The van der Waals surface area contributed by atoms with Crippen LogP contribution in [-0.2, 0) is 12.8 Å². The van der Waals surface area contributed by atoms with Crippen molar-refractivity contribution < 1.29 is 4.39 Å². The maximum absolute atomic E-state index is 15.4. The lowest BCUT2D eigenvalue weighted by molar-refractivity contribution is 0.643. The van der Waals surface area contributed by atoms with Gasteiger partial charge in [0.15, 0.2) is 0 Å². The van der Waals surface area contributed by atoms with Crippen molar-refractivity contribution in [3.8, 4) is 23.0 Å². The van der Waals surface area contributed by atoms with Crippen LogP contribution in [0.2, 0.25) is 0 Å². The fourth-order valence-corrected chi connectivity index (χ4v) is 4.37. The van der Waals surface area contributed by atoms with Crippen LogP contribution >= 0.6 is 0 Å². The number of rotatable bonds is 9. The maximum Gasteiger partial charge on any atom is 0.138 e. The number of aryl methyl sites for hydroxylation is 2. The summed E-state index contributed by atoms with van der Waals surface area (Å²) < 4.78 is 15.4. The van der Waals surface area contributed by atoms with E-state index in [2.05, 4.69) is 61.7 Å². The molecule has 0 amide bonds. The van der Waals surface area contributed by atoms with Gasteiger partial charge in [-0.1, -0.05) is 98.7 Å². The van der Waals surface area contributed by atoms with E-state index < -0.39 is 0 Å². The minimum absolute atomic E-state index is 0.185. The Kier molecular flexibility index (Phi) is 8.53. The van der Waals surface area contributed by atoms with E-state index >= 15 is 4.39 Å². The molecule has 4 aromatic carbocycles. The molecule has 4 rings (SSSR count). The minimum atomic E-state index is -0.185. The predicted octanol–water partition coefficient (Wildman–Crippen LogP) is 9.29. The third kappa shape index (κ3) is 6.49. The molecule has 0 aliphatic heterocycles. The average molecular weight is 461 g/mol. The molecule has 0 fully saturated rings. The number of benzene rings is 4. The molecule has 0 heterocycles. The second kappa shape index (κ2) is 12.2. The van der Waals surface area contributed by atoms with Crippen LogP contribution in [0.4, 0.5) is 4.39 Å². The SMILES string of the molecule is C=CCCc1ccc(-c2ccc3cc(C#Cc4ccc(CCCCCC)cc4)ccc3c2F)cc1. The molecule has 0 atom stereocenters. The summed E-state index contributed by atoms with van der Waals surface area (Å²) in [6, 6.07) is 26.3. The summed E-state index contributed by atoms with van der Waals surface area (Å²) in [5.74, 6) is 6.31. The van der Waals surface area contributed by atoms with Gasteiger partial charge in [0.2, 0.25) is 0 Å². The Balaban J connectivity index is 1.48. The topological polar surface area (TPSA) is 0 Å². The summed E-state index contributed by atoms with van der Waals surface area (Å²) in [5, 5.41) is 1.49. The number of halogens is 1. The Morgan fingerprint density at radius 2 is 1.43 bits per heavy atom. The largest absolute Gasteiger partial charge is 0.206 e. The number of unbranched alkanes of at least 4 members (excludes halogenated alkanes) is 3. The van der Waals surface area contributed by atoms with Crippen LogP contribution < -0.4 is 0 Å². The molecule has 0 N–H and O–H groups in total. The summed E-state index contributed by atoms with van der Waals surface area (Å²) in [6.45, 7) is 6.01. The van der Waals surface area contributed by atoms with Gasteiger partial charge < -0.3 is 0 Å². The van der Waals surface area contributed by atoms with E-state index in [9.17, 15) is 0 Å². The Morgan fingerprint density at radius 1 is 0.743 bits per heavy atom. The van der Waals surface area contributed by atoms with Gasteiger partial charge in [-0.05, 0) is 72.0 Å². The highest BCUT2D eigenvalue weighted by Crippen LogP contribution is 2.30. The lowest BCUT2D eigenvalue weighted by Gasteiger charge is -2.08. The quantitative estimate of drug-likeness (QED) is 0.133. The smallest absolute Gasteiger partial charge is 0.138 e.